The molecule has 8 heteroatoms. The lowest BCUT2D eigenvalue weighted by Gasteiger charge is -2.26. The molecule has 0 spiro atoms. The van der Waals surface area contributed by atoms with Crippen LogP contribution in [0.3, 0.4) is 0 Å². The number of ether oxygens (including phenoxy) is 3. The molecule has 30 heavy (non-hydrogen) atoms. The van der Waals surface area contributed by atoms with Crippen LogP contribution in [0.2, 0.25) is 0 Å². The summed E-state index contributed by atoms with van der Waals surface area (Å²) >= 11 is 0. The van der Waals surface area contributed by atoms with Gasteiger partial charge in [-0.3, -0.25) is 4.90 Å². The molecule has 3 rings (SSSR count). The van der Waals surface area contributed by atoms with Gasteiger partial charge in [0, 0.05) is 31.4 Å². The minimum atomic E-state index is -1.21. The van der Waals surface area contributed by atoms with Crippen molar-refractivity contribution in [1.82, 2.24) is 4.90 Å². The highest BCUT2D eigenvalue weighted by molar-refractivity contribution is 6.06. The number of rotatable bonds is 9. The van der Waals surface area contributed by atoms with Gasteiger partial charge in [0.1, 0.15) is 12.4 Å². The van der Waals surface area contributed by atoms with Crippen molar-refractivity contribution in [3.8, 4) is 5.75 Å². The first kappa shape index (κ1) is 21.6. The molecule has 1 aliphatic heterocycles. The van der Waals surface area contributed by atoms with E-state index >= 15 is 0 Å². The lowest BCUT2D eigenvalue weighted by molar-refractivity contribution is 0.0322. The first-order valence-corrected chi connectivity index (χ1v) is 9.92. The zero-order chi connectivity index (χ0) is 21.3. The van der Waals surface area contributed by atoms with Gasteiger partial charge in [0.2, 0.25) is 0 Å². The van der Waals surface area contributed by atoms with Gasteiger partial charge in [0.25, 0.3) is 0 Å². The van der Waals surface area contributed by atoms with Gasteiger partial charge >= 0.3 is 11.9 Å². The van der Waals surface area contributed by atoms with Crippen LogP contribution in [0.15, 0.2) is 42.5 Å². The summed E-state index contributed by atoms with van der Waals surface area (Å²) in [5.74, 6) is -1.20. The number of nitrogens with zero attached hydrogens (tertiary/aromatic N) is 1. The second-order valence-corrected chi connectivity index (χ2v) is 6.71. The van der Waals surface area contributed by atoms with Crippen LogP contribution < -0.4 is 10.1 Å². The molecule has 0 atom stereocenters. The third-order valence-corrected chi connectivity index (χ3v) is 4.67. The zero-order valence-corrected chi connectivity index (χ0v) is 16.9. The van der Waals surface area contributed by atoms with Crippen molar-refractivity contribution in [3.05, 3.63) is 53.6 Å². The summed E-state index contributed by atoms with van der Waals surface area (Å²) in [7, 11) is 0. The summed E-state index contributed by atoms with van der Waals surface area (Å²) in [5, 5.41) is 12.7. The van der Waals surface area contributed by atoms with E-state index in [1.807, 2.05) is 12.1 Å². The van der Waals surface area contributed by atoms with Crippen LogP contribution in [0, 0.1) is 0 Å². The standard InChI is InChI=1S/C22H26N2O6/c1-2-29-22(27)18-7-4-8-19(20(18)21(25)26)23-16-5-3-6-17(15-16)30-14-11-24-9-12-28-13-10-24/h3-8,15,23H,2,9-14H2,1H3,(H,25,26). The maximum Gasteiger partial charge on any atom is 0.339 e. The van der Waals surface area contributed by atoms with Crippen molar-refractivity contribution in [3.63, 3.8) is 0 Å². The predicted molar refractivity (Wildman–Crippen MR) is 112 cm³/mol. The maximum atomic E-state index is 12.1. The normalized spacial score (nSPS) is 14.2. The van der Waals surface area contributed by atoms with Gasteiger partial charge in [-0.15, -0.1) is 0 Å². The maximum absolute atomic E-state index is 12.1. The number of esters is 1. The number of carboxylic acid groups (broad SMARTS) is 1. The fourth-order valence-corrected chi connectivity index (χ4v) is 3.20. The van der Waals surface area contributed by atoms with E-state index in [4.69, 9.17) is 14.2 Å². The van der Waals surface area contributed by atoms with Crippen molar-refractivity contribution >= 4 is 23.3 Å². The molecule has 8 nitrogen and oxygen atoms in total. The Kier molecular flexibility index (Phi) is 7.64. The lowest BCUT2D eigenvalue weighted by atomic mass is 10.0. The summed E-state index contributed by atoms with van der Waals surface area (Å²) in [5.41, 5.74) is 0.836. The van der Waals surface area contributed by atoms with Gasteiger partial charge in [-0.1, -0.05) is 12.1 Å². The average Bonchev–Trinajstić information content (AvgIpc) is 2.74. The van der Waals surface area contributed by atoms with Crippen LogP contribution in [0.25, 0.3) is 0 Å². The minimum absolute atomic E-state index is 0.00673. The molecule has 2 aromatic rings. The van der Waals surface area contributed by atoms with E-state index < -0.39 is 11.9 Å². The number of carbonyl (C=O) groups excluding carboxylic acids is 1. The van der Waals surface area contributed by atoms with E-state index in [1.165, 1.54) is 6.07 Å². The summed E-state index contributed by atoms with van der Waals surface area (Å²) < 4.78 is 16.2. The van der Waals surface area contributed by atoms with Gasteiger partial charge in [0.15, 0.2) is 0 Å². The van der Waals surface area contributed by atoms with Gasteiger partial charge in [-0.2, -0.15) is 0 Å². The summed E-state index contributed by atoms with van der Waals surface area (Å²) in [6.07, 6.45) is 0. The second kappa shape index (κ2) is 10.6. The molecule has 1 fully saturated rings. The van der Waals surface area contributed by atoms with Crippen molar-refractivity contribution in [2.75, 3.05) is 51.4 Å². The highest BCUT2D eigenvalue weighted by Crippen LogP contribution is 2.27. The minimum Gasteiger partial charge on any atom is -0.492 e. The smallest absolute Gasteiger partial charge is 0.339 e. The van der Waals surface area contributed by atoms with E-state index in [2.05, 4.69) is 10.2 Å². The first-order valence-electron chi connectivity index (χ1n) is 9.92. The largest absolute Gasteiger partial charge is 0.492 e. The molecule has 1 heterocycles. The van der Waals surface area contributed by atoms with Crippen LogP contribution in [0.1, 0.15) is 27.6 Å². The number of carboxylic acids is 1. The average molecular weight is 414 g/mol. The lowest BCUT2D eigenvalue weighted by Crippen LogP contribution is -2.38. The van der Waals surface area contributed by atoms with Gasteiger partial charge in [0.05, 0.1) is 36.6 Å². The molecule has 2 N–H and O–H groups in total. The van der Waals surface area contributed by atoms with Gasteiger partial charge < -0.3 is 24.6 Å². The van der Waals surface area contributed by atoms with Crippen LogP contribution in [0.5, 0.6) is 5.75 Å². The van der Waals surface area contributed by atoms with Gasteiger partial charge in [-0.05, 0) is 31.2 Å². The zero-order valence-electron chi connectivity index (χ0n) is 16.9. The summed E-state index contributed by atoms with van der Waals surface area (Å²) in [6.45, 7) is 6.49. The molecular weight excluding hydrogens is 388 g/mol. The third kappa shape index (κ3) is 5.71. The number of carbonyl (C=O) groups is 2. The Morgan fingerprint density at radius 1 is 1.17 bits per heavy atom. The van der Waals surface area contributed by atoms with Crippen LogP contribution in [-0.2, 0) is 9.47 Å². The Hall–Kier alpha value is -3.10. The van der Waals surface area contributed by atoms with Crippen LogP contribution >= 0.6 is 0 Å². The third-order valence-electron chi connectivity index (χ3n) is 4.67. The van der Waals surface area contributed by atoms with Gasteiger partial charge in [-0.25, -0.2) is 9.59 Å². The molecule has 0 amide bonds. The Morgan fingerprint density at radius 2 is 1.93 bits per heavy atom. The number of hydrogen-bond acceptors (Lipinski definition) is 7. The number of morpholine rings is 1. The van der Waals surface area contributed by atoms with E-state index in [9.17, 15) is 14.7 Å². The monoisotopic (exact) mass is 414 g/mol. The fraction of sp³-hybridized carbons (Fsp3) is 0.364. The Bertz CT molecular complexity index is 880. The number of aromatic carboxylic acids is 1. The topological polar surface area (TPSA) is 97.3 Å². The second-order valence-electron chi connectivity index (χ2n) is 6.71. The van der Waals surface area contributed by atoms with Crippen molar-refractivity contribution in [2.24, 2.45) is 0 Å². The molecule has 1 saturated heterocycles. The molecule has 0 aromatic heterocycles. The number of benzene rings is 2. The summed E-state index contributed by atoms with van der Waals surface area (Å²) in [4.78, 5) is 26.2. The quantitative estimate of drug-likeness (QED) is 0.605. The predicted octanol–water partition coefficient (Wildman–Crippen LogP) is 3.02. The molecule has 0 aliphatic carbocycles. The fourth-order valence-electron chi connectivity index (χ4n) is 3.20. The number of anilines is 2. The Labute approximate surface area is 175 Å². The molecule has 160 valence electrons. The van der Waals surface area contributed by atoms with E-state index in [0.29, 0.717) is 23.7 Å². The highest BCUT2D eigenvalue weighted by atomic mass is 16.5. The van der Waals surface area contributed by atoms with Crippen LogP contribution in [-0.4, -0.2) is 68.0 Å². The molecular formula is C22H26N2O6. The molecule has 2 aromatic carbocycles. The highest BCUT2D eigenvalue weighted by Gasteiger charge is 2.21. The molecule has 0 bridgehead atoms. The number of nitrogens with one attached hydrogen (secondary N) is 1. The molecule has 0 saturated carbocycles. The van der Waals surface area contributed by atoms with Crippen molar-refractivity contribution in [1.29, 1.82) is 0 Å². The molecule has 0 unspecified atom stereocenters. The SMILES string of the molecule is CCOC(=O)c1cccc(Nc2cccc(OCCN3CCOCC3)c2)c1C(=O)O. The van der Waals surface area contributed by atoms with E-state index in [0.717, 1.165) is 32.8 Å². The van der Waals surface area contributed by atoms with E-state index in [-0.39, 0.29) is 17.7 Å². The van der Waals surface area contributed by atoms with Crippen molar-refractivity contribution in [2.45, 2.75) is 6.92 Å². The number of hydrogen-bond donors (Lipinski definition) is 2. The molecule has 0 radical (unpaired) electrons. The first-order chi connectivity index (χ1) is 14.6. The Balaban J connectivity index is 1.70. The van der Waals surface area contributed by atoms with Crippen LogP contribution in [0.4, 0.5) is 11.4 Å². The van der Waals surface area contributed by atoms with Crippen molar-refractivity contribution < 1.29 is 28.9 Å². The summed E-state index contributed by atoms with van der Waals surface area (Å²) in [6, 6.07) is 11.9. The van der Waals surface area contributed by atoms with E-state index in [1.54, 1.807) is 31.2 Å². The molecule has 1 aliphatic rings. The Morgan fingerprint density at radius 3 is 2.67 bits per heavy atom.